The lowest BCUT2D eigenvalue weighted by Crippen LogP contribution is -2.49. The van der Waals surface area contributed by atoms with Crippen LogP contribution in [0.2, 0.25) is 0 Å². The topological polar surface area (TPSA) is 37.3 Å². The first-order chi connectivity index (χ1) is 9.43. The van der Waals surface area contributed by atoms with Gasteiger partial charge in [-0.2, -0.15) is 0 Å². The first kappa shape index (κ1) is 13.7. The van der Waals surface area contributed by atoms with Crippen molar-refractivity contribution in [3.8, 4) is 0 Å². The fraction of sp³-hybridized carbons (Fsp3) is 0.611. The van der Waals surface area contributed by atoms with Crippen molar-refractivity contribution >= 4 is 5.97 Å². The minimum Gasteiger partial charge on any atom is -0.481 e. The number of carboxylic acid groups (broad SMARTS) is 1. The Bertz CT molecular complexity index is 505. The number of rotatable bonds is 2. The maximum atomic E-state index is 11.8. The molecule has 0 saturated heterocycles. The molecule has 0 radical (unpaired) electrons. The molecule has 2 saturated carbocycles. The zero-order valence-corrected chi connectivity index (χ0v) is 12.4. The Labute approximate surface area is 121 Å². The molecule has 1 aromatic carbocycles. The van der Waals surface area contributed by atoms with Gasteiger partial charge in [0.2, 0.25) is 0 Å². The SMILES string of the molecule is CC1CC2CC(C)(C(=O)O)CC(c3ccccc3)(C1)C2. The summed E-state index contributed by atoms with van der Waals surface area (Å²) in [6.45, 7) is 4.28. The van der Waals surface area contributed by atoms with Crippen LogP contribution in [0.15, 0.2) is 30.3 Å². The molecule has 4 unspecified atom stereocenters. The van der Waals surface area contributed by atoms with Crippen LogP contribution in [-0.4, -0.2) is 11.1 Å². The van der Waals surface area contributed by atoms with Crippen molar-refractivity contribution in [3.63, 3.8) is 0 Å². The van der Waals surface area contributed by atoms with E-state index >= 15 is 0 Å². The van der Waals surface area contributed by atoms with Gasteiger partial charge in [-0.1, -0.05) is 37.3 Å². The highest BCUT2D eigenvalue weighted by Crippen LogP contribution is 2.57. The minimum atomic E-state index is -0.614. The molecule has 2 fully saturated rings. The highest BCUT2D eigenvalue weighted by Gasteiger charge is 2.53. The van der Waals surface area contributed by atoms with Gasteiger partial charge in [-0.25, -0.2) is 0 Å². The molecule has 3 rings (SSSR count). The van der Waals surface area contributed by atoms with Crippen LogP contribution in [-0.2, 0) is 10.2 Å². The second-order valence-electron chi connectivity index (χ2n) is 7.51. The molecular formula is C18H24O2. The minimum absolute atomic E-state index is 0.0784. The number of carboxylic acids is 1. The highest BCUT2D eigenvalue weighted by molar-refractivity contribution is 5.74. The summed E-state index contributed by atoms with van der Waals surface area (Å²) in [4.78, 5) is 11.8. The van der Waals surface area contributed by atoms with Crippen LogP contribution < -0.4 is 0 Å². The molecule has 2 heteroatoms. The van der Waals surface area contributed by atoms with Gasteiger partial charge < -0.3 is 5.11 Å². The number of carbonyl (C=O) groups is 1. The summed E-state index contributed by atoms with van der Waals surface area (Å²) in [5, 5.41) is 9.68. The molecule has 1 aromatic rings. The van der Waals surface area contributed by atoms with Gasteiger partial charge in [-0.05, 0) is 61.8 Å². The van der Waals surface area contributed by atoms with Crippen molar-refractivity contribution < 1.29 is 9.90 Å². The highest BCUT2D eigenvalue weighted by atomic mass is 16.4. The molecule has 2 nitrogen and oxygen atoms in total. The molecule has 20 heavy (non-hydrogen) atoms. The van der Waals surface area contributed by atoms with E-state index in [9.17, 15) is 9.90 Å². The van der Waals surface area contributed by atoms with Gasteiger partial charge in [0.25, 0.3) is 0 Å². The standard InChI is InChI=1S/C18H24O2/c1-13-8-14-10-17(2,16(19)20)12-18(9-13,11-14)15-6-4-3-5-7-15/h3-7,13-14H,8-12H2,1-2H3,(H,19,20). The third-order valence-electron chi connectivity index (χ3n) is 5.52. The lowest BCUT2D eigenvalue weighted by Gasteiger charge is -2.53. The summed E-state index contributed by atoms with van der Waals surface area (Å²) in [6, 6.07) is 10.6. The summed E-state index contributed by atoms with van der Waals surface area (Å²) in [5.41, 5.74) is 0.872. The van der Waals surface area contributed by atoms with Crippen molar-refractivity contribution in [1.82, 2.24) is 0 Å². The Morgan fingerprint density at radius 3 is 2.55 bits per heavy atom. The number of hydrogen-bond donors (Lipinski definition) is 1. The zero-order valence-electron chi connectivity index (χ0n) is 12.4. The summed E-state index contributed by atoms with van der Waals surface area (Å²) in [5.74, 6) is 0.651. The number of fused-ring (bicyclic) bond motifs is 2. The summed E-state index contributed by atoms with van der Waals surface area (Å²) in [6.07, 6.45) is 5.14. The van der Waals surface area contributed by atoms with E-state index in [-0.39, 0.29) is 5.41 Å². The van der Waals surface area contributed by atoms with Gasteiger partial charge in [0.15, 0.2) is 0 Å². The average molecular weight is 272 g/mol. The fourth-order valence-corrected chi connectivity index (χ4v) is 5.09. The Morgan fingerprint density at radius 1 is 1.20 bits per heavy atom. The van der Waals surface area contributed by atoms with Crippen molar-refractivity contribution in [1.29, 1.82) is 0 Å². The van der Waals surface area contributed by atoms with Gasteiger partial charge in [-0.15, -0.1) is 0 Å². The number of aliphatic carboxylic acids is 1. The summed E-state index contributed by atoms with van der Waals surface area (Å²) in [7, 11) is 0. The smallest absolute Gasteiger partial charge is 0.309 e. The van der Waals surface area contributed by atoms with Crippen LogP contribution in [0.1, 0.15) is 51.5 Å². The monoisotopic (exact) mass is 272 g/mol. The van der Waals surface area contributed by atoms with E-state index in [0.29, 0.717) is 11.8 Å². The van der Waals surface area contributed by atoms with E-state index in [2.05, 4.69) is 31.2 Å². The van der Waals surface area contributed by atoms with E-state index in [1.54, 1.807) is 0 Å². The predicted molar refractivity (Wildman–Crippen MR) is 79.6 cm³/mol. The van der Waals surface area contributed by atoms with Crippen molar-refractivity contribution in [2.75, 3.05) is 0 Å². The number of benzene rings is 1. The van der Waals surface area contributed by atoms with Gasteiger partial charge >= 0.3 is 5.97 Å². The molecule has 4 atom stereocenters. The normalized spacial score (nSPS) is 40.3. The molecule has 2 aliphatic rings. The lowest BCUT2D eigenvalue weighted by molar-refractivity contribution is -0.154. The van der Waals surface area contributed by atoms with Crippen molar-refractivity contribution in [3.05, 3.63) is 35.9 Å². The molecule has 0 aromatic heterocycles. The van der Waals surface area contributed by atoms with Gasteiger partial charge in [-0.3, -0.25) is 4.79 Å². The molecule has 0 heterocycles. The maximum Gasteiger partial charge on any atom is 0.309 e. The van der Waals surface area contributed by atoms with Gasteiger partial charge in [0.1, 0.15) is 0 Å². The Hall–Kier alpha value is -1.31. The molecule has 0 amide bonds. The largest absolute Gasteiger partial charge is 0.481 e. The third kappa shape index (κ3) is 2.15. The van der Waals surface area contributed by atoms with Crippen LogP contribution in [0, 0.1) is 17.3 Å². The van der Waals surface area contributed by atoms with Crippen LogP contribution in [0.4, 0.5) is 0 Å². The van der Waals surface area contributed by atoms with E-state index in [1.807, 2.05) is 13.0 Å². The quantitative estimate of drug-likeness (QED) is 0.874. The molecule has 108 valence electrons. The van der Waals surface area contributed by atoms with Crippen molar-refractivity contribution in [2.45, 2.75) is 51.4 Å². The van der Waals surface area contributed by atoms with E-state index in [0.717, 1.165) is 19.3 Å². The second kappa shape index (κ2) is 4.61. The molecule has 1 N–H and O–H groups in total. The van der Waals surface area contributed by atoms with E-state index in [1.165, 1.54) is 18.4 Å². The van der Waals surface area contributed by atoms with Crippen LogP contribution in [0.5, 0.6) is 0 Å². The van der Waals surface area contributed by atoms with Crippen LogP contribution in [0.3, 0.4) is 0 Å². The van der Waals surface area contributed by atoms with Gasteiger partial charge in [0, 0.05) is 0 Å². The summed E-state index contributed by atoms with van der Waals surface area (Å²) < 4.78 is 0. The average Bonchev–Trinajstić information content (AvgIpc) is 2.38. The first-order valence-corrected chi connectivity index (χ1v) is 7.72. The van der Waals surface area contributed by atoms with Gasteiger partial charge in [0.05, 0.1) is 5.41 Å². The van der Waals surface area contributed by atoms with Crippen LogP contribution >= 0.6 is 0 Å². The zero-order chi connectivity index (χ0) is 14.4. The molecule has 2 aliphatic carbocycles. The third-order valence-corrected chi connectivity index (χ3v) is 5.52. The summed E-state index contributed by atoms with van der Waals surface area (Å²) >= 11 is 0. The lowest BCUT2D eigenvalue weighted by atomic mass is 9.50. The Balaban J connectivity index is 2.03. The molecule has 2 bridgehead atoms. The molecular weight excluding hydrogens is 248 g/mol. The number of hydrogen-bond acceptors (Lipinski definition) is 1. The molecule has 0 aliphatic heterocycles. The Kier molecular flexibility index (Phi) is 3.15. The predicted octanol–water partition coefficient (Wildman–Crippen LogP) is 4.25. The first-order valence-electron chi connectivity index (χ1n) is 7.72. The van der Waals surface area contributed by atoms with E-state index in [4.69, 9.17) is 0 Å². The molecule has 0 spiro atoms. The van der Waals surface area contributed by atoms with Crippen molar-refractivity contribution in [2.24, 2.45) is 17.3 Å². The Morgan fingerprint density at radius 2 is 1.90 bits per heavy atom. The van der Waals surface area contributed by atoms with E-state index < -0.39 is 11.4 Å². The fourth-order valence-electron chi connectivity index (χ4n) is 5.09. The second-order valence-corrected chi connectivity index (χ2v) is 7.51. The van der Waals surface area contributed by atoms with Crippen LogP contribution in [0.25, 0.3) is 0 Å². The maximum absolute atomic E-state index is 11.8.